The molecule has 1 saturated carbocycles. The second-order valence-corrected chi connectivity index (χ2v) is 8.00. The van der Waals surface area contributed by atoms with E-state index in [1.165, 1.54) is 36.0 Å². The van der Waals surface area contributed by atoms with Gasteiger partial charge in [0, 0.05) is 28.3 Å². The van der Waals surface area contributed by atoms with E-state index in [2.05, 4.69) is 44.3 Å². The van der Waals surface area contributed by atoms with Gasteiger partial charge in [-0.1, -0.05) is 42.7 Å². The molecule has 3 unspecified atom stereocenters. The molecule has 0 saturated heterocycles. The summed E-state index contributed by atoms with van der Waals surface area (Å²) in [6.45, 7) is 7.44. The van der Waals surface area contributed by atoms with E-state index in [1.54, 1.807) is 0 Å². The number of rotatable bonds is 7. The molecule has 0 aromatic heterocycles. The summed E-state index contributed by atoms with van der Waals surface area (Å²) in [5.74, 6) is 2.29. The molecule has 1 N–H and O–H groups in total. The van der Waals surface area contributed by atoms with Crippen LogP contribution in [-0.2, 0) is 16.6 Å². The first-order chi connectivity index (χ1) is 10.1. The summed E-state index contributed by atoms with van der Waals surface area (Å²) in [5.41, 5.74) is 3.76. The molecule has 1 aromatic carbocycles. The minimum absolute atomic E-state index is 0.660. The van der Waals surface area contributed by atoms with Gasteiger partial charge in [0.25, 0.3) is 0 Å². The lowest BCUT2D eigenvalue weighted by Crippen LogP contribution is -2.32. The molecule has 1 aliphatic rings. The van der Waals surface area contributed by atoms with E-state index in [9.17, 15) is 4.21 Å². The number of hydrogen-bond donors (Lipinski definition) is 1. The molecule has 3 atom stereocenters. The minimum atomic E-state index is -0.730. The van der Waals surface area contributed by atoms with Crippen LogP contribution in [0.15, 0.2) is 18.2 Å². The third-order valence-corrected chi connectivity index (χ3v) is 5.80. The molecule has 21 heavy (non-hydrogen) atoms. The highest BCUT2D eigenvalue weighted by Gasteiger charge is 2.26. The zero-order chi connectivity index (χ0) is 15.2. The third kappa shape index (κ3) is 5.23. The van der Waals surface area contributed by atoms with Crippen LogP contribution < -0.4 is 5.32 Å². The Hall–Kier alpha value is -0.670. The van der Waals surface area contributed by atoms with E-state index in [1.807, 2.05) is 0 Å². The van der Waals surface area contributed by atoms with Gasteiger partial charge in [-0.3, -0.25) is 4.21 Å². The zero-order valence-corrected chi connectivity index (χ0v) is 14.5. The molecule has 0 aliphatic heterocycles. The monoisotopic (exact) mass is 307 g/mol. The highest BCUT2D eigenvalue weighted by Crippen LogP contribution is 2.28. The Bertz CT molecular complexity index is 466. The second kappa shape index (κ2) is 8.09. The van der Waals surface area contributed by atoms with Crippen LogP contribution in [0.4, 0.5) is 0 Å². The zero-order valence-electron chi connectivity index (χ0n) is 13.7. The van der Waals surface area contributed by atoms with Crippen molar-refractivity contribution in [3.05, 3.63) is 34.9 Å². The summed E-state index contributed by atoms with van der Waals surface area (Å²) in [5, 5.41) is 3.58. The quantitative estimate of drug-likeness (QED) is 0.832. The van der Waals surface area contributed by atoms with Crippen molar-refractivity contribution in [2.75, 3.05) is 12.3 Å². The molecule has 2 nitrogen and oxygen atoms in total. The summed E-state index contributed by atoms with van der Waals surface area (Å²) < 4.78 is 12.3. The molecule has 0 bridgehead atoms. The van der Waals surface area contributed by atoms with E-state index >= 15 is 0 Å². The lowest BCUT2D eigenvalue weighted by molar-refractivity contribution is 0.399. The van der Waals surface area contributed by atoms with Crippen LogP contribution in [0.2, 0.25) is 0 Å². The van der Waals surface area contributed by atoms with Gasteiger partial charge in [0.2, 0.25) is 0 Å². The summed E-state index contributed by atoms with van der Waals surface area (Å²) in [6.07, 6.45) is 5.03. The average Bonchev–Trinajstić information content (AvgIpc) is 2.83. The first kappa shape index (κ1) is 16.7. The fourth-order valence-corrected chi connectivity index (χ4v) is 4.85. The molecule has 0 heterocycles. The first-order valence-electron chi connectivity index (χ1n) is 8.24. The van der Waals surface area contributed by atoms with Crippen molar-refractivity contribution in [1.82, 2.24) is 5.32 Å². The summed E-state index contributed by atoms with van der Waals surface area (Å²) in [7, 11) is -0.730. The van der Waals surface area contributed by atoms with Gasteiger partial charge < -0.3 is 5.32 Å². The fraction of sp³-hybridized carbons (Fsp3) is 0.667. The molecule has 1 aliphatic carbocycles. The standard InChI is InChI=1S/C18H29NOS/c1-4-19-18-7-5-6-17(18)8-9-21(20)13-16-11-14(2)10-15(3)12-16/h10-12,17-19H,4-9,13H2,1-3H3. The van der Waals surface area contributed by atoms with Gasteiger partial charge in [-0.15, -0.1) is 0 Å². The Labute approximate surface area is 132 Å². The normalized spacial score (nSPS) is 23.4. The minimum Gasteiger partial charge on any atom is -0.314 e. The SMILES string of the molecule is CCNC1CCCC1CCS(=O)Cc1cc(C)cc(C)c1. The average molecular weight is 308 g/mol. The van der Waals surface area contributed by atoms with Crippen molar-refractivity contribution >= 4 is 10.8 Å². The number of nitrogens with one attached hydrogen (secondary N) is 1. The second-order valence-electron chi connectivity index (χ2n) is 6.43. The van der Waals surface area contributed by atoms with Gasteiger partial charge in [-0.05, 0) is 51.1 Å². The van der Waals surface area contributed by atoms with Gasteiger partial charge >= 0.3 is 0 Å². The van der Waals surface area contributed by atoms with Crippen LogP contribution in [0.25, 0.3) is 0 Å². The van der Waals surface area contributed by atoms with Gasteiger partial charge in [-0.25, -0.2) is 0 Å². The predicted octanol–water partition coefficient (Wildman–Crippen LogP) is 3.72. The molecule has 0 spiro atoms. The van der Waals surface area contributed by atoms with Gasteiger partial charge in [0.1, 0.15) is 0 Å². The van der Waals surface area contributed by atoms with E-state index in [0.29, 0.717) is 11.8 Å². The fourth-order valence-electron chi connectivity index (χ4n) is 3.61. The Morgan fingerprint density at radius 2 is 1.90 bits per heavy atom. The lowest BCUT2D eigenvalue weighted by atomic mass is 10.0. The van der Waals surface area contributed by atoms with Gasteiger partial charge in [0.05, 0.1) is 0 Å². The van der Waals surface area contributed by atoms with Crippen LogP contribution in [-0.4, -0.2) is 22.5 Å². The van der Waals surface area contributed by atoms with Crippen LogP contribution in [0.5, 0.6) is 0 Å². The molecule has 1 aromatic rings. The van der Waals surface area contributed by atoms with Crippen LogP contribution in [0.1, 0.15) is 49.3 Å². The third-order valence-electron chi connectivity index (χ3n) is 4.45. The van der Waals surface area contributed by atoms with E-state index in [-0.39, 0.29) is 0 Å². The van der Waals surface area contributed by atoms with Crippen molar-refractivity contribution in [1.29, 1.82) is 0 Å². The van der Waals surface area contributed by atoms with Crippen molar-refractivity contribution in [3.8, 4) is 0 Å². The first-order valence-corrected chi connectivity index (χ1v) is 9.73. The smallest absolute Gasteiger partial charge is 0.0485 e. The summed E-state index contributed by atoms with van der Waals surface area (Å²) in [4.78, 5) is 0. The van der Waals surface area contributed by atoms with E-state index < -0.39 is 10.8 Å². The topological polar surface area (TPSA) is 29.1 Å². The van der Waals surface area contributed by atoms with Crippen LogP contribution >= 0.6 is 0 Å². The number of aryl methyl sites for hydroxylation is 2. The van der Waals surface area contributed by atoms with Crippen LogP contribution in [0, 0.1) is 19.8 Å². The Morgan fingerprint density at radius 3 is 2.57 bits per heavy atom. The molecule has 0 radical (unpaired) electrons. The molecule has 3 heteroatoms. The number of hydrogen-bond acceptors (Lipinski definition) is 2. The Balaban J connectivity index is 1.82. The molecular formula is C18H29NOS. The highest BCUT2D eigenvalue weighted by atomic mass is 32.2. The maximum Gasteiger partial charge on any atom is 0.0485 e. The lowest BCUT2D eigenvalue weighted by Gasteiger charge is -2.20. The van der Waals surface area contributed by atoms with Crippen molar-refractivity contribution in [2.24, 2.45) is 5.92 Å². The maximum absolute atomic E-state index is 12.3. The van der Waals surface area contributed by atoms with E-state index in [4.69, 9.17) is 0 Å². The Kier molecular flexibility index (Phi) is 6.43. The Morgan fingerprint density at radius 1 is 1.19 bits per heavy atom. The van der Waals surface area contributed by atoms with Gasteiger partial charge in [0.15, 0.2) is 0 Å². The van der Waals surface area contributed by atoms with Crippen molar-refractivity contribution < 1.29 is 4.21 Å². The molecule has 2 rings (SSSR count). The predicted molar refractivity (Wildman–Crippen MR) is 92.1 cm³/mol. The summed E-state index contributed by atoms with van der Waals surface area (Å²) >= 11 is 0. The highest BCUT2D eigenvalue weighted by molar-refractivity contribution is 7.84. The van der Waals surface area contributed by atoms with Crippen LogP contribution in [0.3, 0.4) is 0 Å². The van der Waals surface area contributed by atoms with Crippen molar-refractivity contribution in [3.63, 3.8) is 0 Å². The molecular weight excluding hydrogens is 278 g/mol. The van der Waals surface area contributed by atoms with E-state index in [0.717, 1.165) is 24.6 Å². The molecule has 0 amide bonds. The molecule has 1 fully saturated rings. The number of benzene rings is 1. The largest absolute Gasteiger partial charge is 0.314 e. The maximum atomic E-state index is 12.3. The van der Waals surface area contributed by atoms with Crippen molar-refractivity contribution in [2.45, 2.75) is 58.2 Å². The summed E-state index contributed by atoms with van der Waals surface area (Å²) in [6, 6.07) is 7.17. The van der Waals surface area contributed by atoms with Gasteiger partial charge in [-0.2, -0.15) is 0 Å². The molecule has 118 valence electrons.